The molecule has 3 nitrogen and oxygen atoms in total. The summed E-state index contributed by atoms with van der Waals surface area (Å²) < 4.78 is 13.5. The summed E-state index contributed by atoms with van der Waals surface area (Å²) in [5, 5.41) is 12.4. The summed E-state index contributed by atoms with van der Waals surface area (Å²) in [6.45, 7) is 2.33. The van der Waals surface area contributed by atoms with Crippen LogP contribution in [0.15, 0.2) is 18.2 Å². The van der Waals surface area contributed by atoms with E-state index in [1.807, 2.05) is 6.07 Å². The van der Waals surface area contributed by atoms with E-state index in [2.05, 4.69) is 10.2 Å². The number of nitriles is 1. The van der Waals surface area contributed by atoms with E-state index in [1.165, 1.54) is 25.5 Å². The van der Waals surface area contributed by atoms with Gasteiger partial charge in [0, 0.05) is 18.6 Å². The van der Waals surface area contributed by atoms with Crippen molar-refractivity contribution < 1.29 is 4.39 Å². The number of benzene rings is 1. The number of nitrogens with one attached hydrogen (secondary N) is 1. The van der Waals surface area contributed by atoms with Crippen LogP contribution in [-0.2, 0) is 0 Å². The van der Waals surface area contributed by atoms with Crippen molar-refractivity contribution in [1.82, 2.24) is 4.90 Å². The Bertz CT molecular complexity index is 509. The van der Waals surface area contributed by atoms with Crippen LogP contribution in [0.5, 0.6) is 0 Å². The van der Waals surface area contributed by atoms with E-state index in [-0.39, 0.29) is 5.56 Å². The monoisotopic (exact) mass is 259 g/mol. The molecule has 3 rings (SSSR count). The molecule has 0 saturated carbocycles. The molecular weight excluding hydrogens is 241 g/mol. The van der Waals surface area contributed by atoms with Crippen LogP contribution in [-0.4, -0.2) is 30.1 Å². The van der Waals surface area contributed by atoms with Crippen LogP contribution < -0.4 is 5.32 Å². The van der Waals surface area contributed by atoms with Crippen molar-refractivity contribution in [2.75, 3.05) is 18.4 Å². The number of piperidine rings is 1. The van der Waals surface area contributed by atoms with E-state index in [0.29, 0.717) is 17.8 Å². The first-order valence-electron chi connectivity index (χ1n) is 6.97. The van der Waals surface area contributed by atoms with Crippen LogP contribution in [0.4, 0.5) is 10.1 Å². The first-order valence-corrected chi connectivity index (χ1v) is 6.97. The Morgan fingerprint density at radius 3 is 3.05 bits per heavy atom. The molecule has 2 aliphatic heterocycles. The molecule has 0 spiro atoms. The standard InChI is InChI=1S/C15H18FN3/c16-14-4-1-5-15(13(14)10-17)18-11-6-8-19-7-2-3-12(19)9-11/h1,4-5,11-12,18H,2-3,6-9H2. The molecule has 2 saturated heterocycles. The van der Waals surface area contributed by atoms with E-state index >= 15 is 0 Å². The summed E-state index contributed by atoms with van der Waals surface area (Å²) in [5.74, 6) is -0.439. The average Bonchev–Trinajstić information content (AvgIpc) is 2.86. The predicted molar refractivity (Wildman–Crippen MR) is 72.4 cm³/mol. The number of hydrogen-bond acceptors (Lipinski definition) is 3. The smallest absolute Gasteiger partial charge is 0.143 e. The highest BCUT2D eigenvalue weighted by molar-refractivity contribution is 5.58. The maximum Gasteiger partial charge on any atom is 0.143 e. The Morgan fingerprint density at radius 1 is 1.32 bits per heavy atom. The van der Waals surface area contributed by atoms with Gasteiger partial charge in [-0.25, -0.2) is 4.39 Å². The lowest BCUT2D eigenvalue weighted by atomic mass is 9.97. The fraction of sp³-hybridized carbons (Fsp3) is 0.533. The predicted octanol–water partition coefficient (Wildman–Crippen LogP) is 2.74. The number of nitrogens with zero attached hydrogens (tertiary/aromatic N) is 2. The fourth-order valence-electron chi connectivity index (χ4n) is 3.33. The molecule has 0 amide bonds. The Hall–Kier alpha value is -1.60. The third-order valence-electron chi connectivity index (χ3n) is 4.31. The van der Waals surface area contributed by atoms with Crippen molar-refractivity contribution in [1.29, 1.82) is 5.26 Å². The van der Waals surface area contributed by atoms with Gasteiger partial charge < -0.3 is 10.2 Å². The highest BCUT2D eigenvalue weighted by Gasteiger charge is 2.31. The minimum Gasteiger partial charge on any atom is -0.381 e. The Morgan fingerprint density at radius 2 is 2.21 bits per heavy atom. The SMILES string of the molecule is N#Cc1c(F)cccc1NC1CCN2CCCC2C1. The first kappa shape index (κ1) is 12.4. The van der Waals surface area contributed by atoms with Crippen LogP contribution in [0.1, 0.15) is 31.2 Å². The lowest BCUT2D eigenvalue weighted by Crippen LogP contribution is -2.42. The summed E-state index contributed by atoms with van der Waals surface area (Å²) in [7, 11) is 0. The van der Waals surface area contributed by atoms with Crippen molar-refractivity contribution in [3.63, 3.8) is 0 Å². The zero-order valence-corrected chi connectivity index (χ0v) is 10.9. The molecular formula is C15H18FN3. The van der Waals surface area contributed by atoms with Crippen molar-refractivity contribution in [3.8, 4) is 6.07 Å². The van der Waals surface area contributed by atoms with Crippen LogP contribution in [0.3, 0.4) is 0 Å². The molecule has 2 aliphatic rings. The molecule has 4 heteroatoms. The quantitative estimate of drug-likeness (QED) is 0.887. The topological polar surface area (TPSA) is 39.1 Å². The minimum absolute atomic E-state index is 0.136. The van der Waals surface area contributed by atoms with Crippen LogP contribution in [0.25, 0.3) is 0 Å². The largest absolute Gasteiger partial charge is 0.381 e. The fourth-order valence-corrected chi connectivity index (χ4v) is 3.33. The van der Waals surface area contributed by atoms with Gasteiger partial charge in [-0.15, -0.1) is 0 Å². The van der Waals surface area contributed by atoms with Crippen molar-refractivity contribution in [2.45, 2.75) is 37.8 Å². The van der Waals surface area contributed by atoms with Crippen molar-refractivity contribution >= 4 is 5.69 Å². The number of hydrogen-bond donors (Lipinski definition) is 1. The Kier molecular flexibility index (Phi) is 3.39. The molecule has 100 valence electrons. The van der Waals surface area contributed by atoms with E-state index in [4.69, 9.17) is 5.26 Å². The summed E-state index contributed by atoms with van der Waals surface area (Å²) >= 11 is 0. The summed E-state index contributed by atoms with van der Waals surface area (Å²) in [6, 6.07) is 7.77. The molecule has 0 radical (unpaired) electrons. The maximum atomic E-state index is 13.5. The van der Waals surface area contributed by atoms with Gasteiger partial charge in [-0.05, 0) is 44.4 Å². The van der Waals surface area contributed by atoms with Crippen LogP contribution in [0, 0.1) is 17.1 Å². The van der Waals surface area contributed by atoms with Gasteiger partial charge in [0.15, 0.2) is 0 Å². The third-order valence-corrected chi connectivity index (χ3v) is 4.31. The molecule has 0 aliphatic carbocycles. The molecule has 0 bridgehead atoms. The second-order valence-corrected chi connectivity index (χ2v) is 5.47. The van der Waals surface area contributed by atoms with Crippen LogP contribution >= 0.6 is 0 Å². The maximum absolute atomic E-state index is 13.5. The molecule has 2 unspecified atom stereocenters. The minimum atomic E-state index is -0.439. The summed E-state index contributed by atoms with van der Waals surface area (Å²) in [5.41, 5.74) is 0.773. The van der Waals surface area contributed by atoms with Crippen LogP contribution in [0.2, 0.25) is 0 Å². The average molecular weight is 259 g/mol. The van der Waals surface area contributed by atoms with Gasteiger partial charge in [-0.3, -0.25) is 0 Å². The molecule has 19 heavy (non-hydrogen) atoms. The molecule has 1 aromatic carbocycles. The summed E-state index contributed by atoms with van der Waals surface area (Å²) in [6.07, 6.45) is 4.73. The van der Waals surface area contributed by atoms with E-state index in [1.54, 1.807) is 12.1 Å². The normalized spacial score (nSPS) is 26.7. The van der Waals surface area contributed by atoms with Gasteiger partial charge in [0.25, 0.3) is 0 Å². The lowest BCUT2D eigenvalue weighted by Gasteiger charge is -2.35. The highest BCUT2D eigenvalue weighted by Crippen LogP contribution is 2.29. The van der Waals surface area contributed by atoms with E-state index in [0.717, 1.165) is 19.4 Å². The molecule has 1 aromatic rings. The van der Waals surface area contributed by atoms with Crippen molar-refractivity contribution in [3.05, 3.63) is 29.6 Å². The lowest BCUT2D eigenvalue weighted by molar-refractivity contribution is 0.188. The molecule has 0 aromatic heterocycles. The Labute approximate surface area is 113 Å². The zero-order valence-electron chi connectivity index (χ0n) is 10.9. The van der Waals surface area contributed by atoms with Gasteiger partial charge in [0.05, 0.1) is 5.69 Å². The molecule has 1 N–H and O–H groups in total. The van der Waals surface area contributed by atoms with Gasteiger partial charge in [0.1, 0.15) is 17.4 Å². The summed E-state index contributed by atoms with van der Waals surface area (Å²) in [4.78, 5) is 2.55. The van der Waals surface area contributed by atoms with E-state index < -0.39 is 5.82 Å². The zero-order chi connectivity index (χ0) is 13.2. The number of rotatable bonds is 2. The number of halogens is 1. The van der Waals surface area contributed by atoms with Crippen molar-refractivity contribution in [2.24, 2.45) is 0 Å². The highest BCUT2D eigenvalue weighted by atomic mass is 19.1. The third kappa shape index (κ3) is 2.43. The van der Waals surface area contributed by atoms with Gasteiger partial charge >= 0.3 is 0 Å². The number of anilines is 1. The second-order valence-electron chi connectivity index (χ2n) is 5.47. The van der Waals surface area contributed by atoms with Gasteiger partial charge in [0.2, 0.25) is 0 Å². The molecule has 2 atom stereocenters. The molecule has 2 heterocycles. The van der Waals surface area contributed by atoms with E-state index in [9.17, 15) is 4.39 Å². The second kappa shape index (κ2) is 5.18. The first-order chi connectivity index (χ1) is 9.28. The number of fused-ring (bicyclic) bond motifs is 1. The molecule has 2 fully saturated rings. The Balaban J connectivity index is 1.72. The van der Waals surface area contributed by atoms with Gasteiger partial charge in [-0.2, -0.15) is 5.26 Å². The van der Waals surface area contributed by atoms with Gasteiger partial charge in [-0.1, -0.05) is 6.07 Å².